The van der Waals surface area contributed by atoms with Crippen LogP contribution in [-0.2, 0) is 20.1 Å². The van der Waals surface area contributed by atoms with Gasteiger partial charge in [0.25, 0.3) is 0 Å². The molecule has 23 heavy (non-hydrogen) atoms. The molecule has 0 amide bonds. The van der Waals surface area contributed by atoms with Crippen molar-refractivity contribution in [3.8, 4) is 5.75 Å². The molecule has 0 fully saturated rings. The van der Waals surface area contributed by atoms with Crippen LogP contribution in [-0.4, -0.2) is 28.3 Å². The molecule has 0 atom stereocenters. The van der Waals surface area contributed by atoms with Crippen molar-refractivity contribution in [2.24, 2.45) is 13.0 Å². The van der Waals surface area contributed by atoms with Gasteiger partial charge in [-0.2, -0.15) is 5.10 Å². The summed E-state index contributed by atoms with van der Waals surface area (Å²) >= 11 is 0. The molecule has 1 aromatic carbocycles. The molecule has 0 aliphatic rings. The molecule has 0 saturated carbocycles. The Balaban J connectivity index is 2.25. The summed E-state index contributed by atoms with van der Waals surface area (Å²) in [5.41, 5.74) is 1.28. The smallest absolute Gasteiger partial charge is 0.167 e. The summed E-state index contributed by atoms with van der Waals surface area (Å²) < 4.78 is 34.7. The van der Waals surface area contributed by atoms with E-state index in [9.17, 15) is 8.78 Å². The molecule has 0 unspecified atom stereocenters. The van der Waals surface area contributed by atoms with Crippen LogP contribution in [0.4, 0.5) is 8.78 Å². The van der Waals surface area contributed by atoms with Crippen molar-refractivity contribution in [3.63, 3.8) is 0 Å². The van der Waals surface area contributed by atoms with Crippen molar-refractivity contribution < 1.29 is 13.5 Å². The third-order valence-corrected chi connectivity index (χ3v) is 3.54. The minimum atomic E-state index is -0.855. The van der Waals surface area contributed by atoms with E-state index in [2.05, 4.69) is 23.8 Å². The van der Waals surface area contributed by atoms with E-state index >= 15 is 0 Å². The highest BCUT2D eigenvalue weighted by atomic mass is 19.2. The molecular weight excluding hydrogens is 300 g/mol. The molecule has 0 radical (unpaired) electrons. The maximum atomic E-state index is 14.2. The third kappa shape index (κ3) is 4.51. The first-order valence-electron chi connectivity index (χ1n) is 7.61. The van der Waals surface area contributed by atoms with E-state index in [0.717, 1.165) is 18.2 Å². The fourth-order valence-corrected chi connectivity index (χ4v) is 2.65. The number of rotatable bonds is 7. The van der Waals surface area contributed by atoms with Gasteiger partial charge in [0.1, 0.15) is 5.75 Å². The summed E-state index contributed by atoms with van der Waals surface area (Å²) in [6.45, 7) is 5.84. The van der Waals surface area contributed by atoms with E-state index in [4.69, 9.17) is 4.74 Å². The number of aromatic nitrogens is 2. The molecule has 4 nitrogen and oxygen atoms in total. The van der Waals surface area contributed by atoms with E-state index in [1.54, 1.807) is 10.9 Å². The summed E-state index contributed by atoms with van der Waals surface area (Å²) in [4.78, 5) is 2.07. The van der Waals surface area contributed by atoms with Gasteiger partial charge in [0.2, 0.25) is 0 Å². The second kappa shape index (κ2) is 7.55. The summed E-state index contributed by atoms with van der Waals surface area (Å²) in [6, 6.07) is 2.55. The van der Waals surface area contributed by atoms with E-state index in [1.165, 1.54) is 13.2 Å². The summed E-state index contributed by atoms with van der Waals surface area (Å²) in [5, 5.41) is 4.15. The molecule has 0 spiro atoms. The monoisotopic (exact) mass is 323 g/mol. The predicted octanol–water partition coefficient (Wildman–Crippen LogP) is 3.37. The Hall–Kier alpha value is -1.95. The lowest BCUT2D eigenvalue weighted by Gasteiger charge is -2.25. The van der Waals surface area contributed by atoms with Crippen molar-refractivity contribution >= 4 is 0 Å². The number of methoxy groups -OCH3 is 1. The Morgan fingerprint density at radius 2 is 2.00 bits per heavy atom. The van der Waals surface area contributed by atoms with Crippen LogP contribution in [0, 0.1) is 17.6 Å². The zero-order chi connectivity index (χ0) is 17.0. The average Bonchev–Trinajstić information content (AvgIpc) is 2.88. The number of nitrogens with zero attached hydrogens (tertiary/aromatic N) is 3. The van der Waals surface area contributed by atoms with Gasteiger partial charge >= 0.3 is 0 Å². The Kier molecular flexibility index (Phi) is 5.71. The highest BCUT2D eigenvalue weighted by molar-refractivity contribution is 5.35. The highest BCUT2D eigenvalue weighted by Crippen LogP contribution is 2.26. The number of hydrogen-bond donors (Lipinski definition) is 0. The lowest BCUT2D eigenvalue weighted by atomic mass is 10.1. The minimum absolute atomic E-state index is 0.247. The molecule has 1 aromatic heterocycles. The Bertz CT molecular complexity index is 655. The van der Waals surface area contributed by atoms with Crippen molar-refractivity contribution in [3.05, 3.63) is 47.3 Å². The SMILES string of the molecule is COc1ccc(F)c(F)c1CN(Cc1cnn(C)c1)CC(C)C. The van der Waals surface area contributed by atoms with Crippen LogP contribution in [0.5, 0.6) is 5.75 Å². The number of hydrogen-bond acceptors (Lipinski definition) is 3. The highest BCUT2D eigenvalue weighted by Gasteiger charge is 2.19. The second-order valence-corrected chi connectivity index (χ2v) is 6.13. The van der Waals surface area contributed by atoms with E-state index in [1.807, 2.05) is 13.2 Å². The molecule has 0 saturated heterocycles. The topological polar surface area (TPSA) is 30.3 Å². The summed E-state index contributed by atoms with van der Waals surface area (Å²) in [5.74, 6) is -0.936. The summed E-state index contributed by atoms with van der Waals surface area (Å²) in [7, 11) is 3.32. The summed E-state index contributed by atoms with van der Waals surface area (Å²) in [6.07, 6.45) is 3.71. The Labute approximate surface area is 135 Å². The largest absolute Gasteiger partial charge is 0.496 e. The van der Waals surface area contributed by atoms with Crippen LogP contribution < -0.4 is 4.74 Å². The van der Waals surface area contributed by atoms with Gasteiger partial charge in [0.15, 0.2) is 11.6 Å². The van der Waals surface area contributed by atoms with Gasteiger partial charge in [0, 0.05) is 44.0 Å². The molecule has 6 heteroatoms. The molecule has 0 aliphatic heterocycles. The van der Waals surface area contributed by atoms with Crippen LogP contribution in [0.2, 0.25) is 0 Å². The maximum absolute atomic E-state index is 14.2. The molecule has 1 heterocycles. The normalized spacial score (nSPS) is 11.5. The molecular formula is C17H23F2N3O. The van der Waals surface area contributed by atoms with E-state index in [0.29, 0.717) is 18.2 Å². The molecule has 0 bridgehead atoms. The van der Waals surface area contributed by atoms with Gasteiger partial charge in [-0.25, -0.2) is 8.78 Å². The molecule has 0 N–H and O–H groups in total. The number of halogens is 2. The first kappa shape index (κ1) is 17.4. The van der Waals surface area contributed by atoms with Crippen molar-refractivity contribution in [1.29, 1.82) is 0 Å². The average molecular weight is 323 g/mol. The third-order valence-electron chi connectivity index (χ3n) is 3.54. The van der Waals surface area contributed by atoms with Crippen LogP contribution >= 0.6 is 0 Å². The fraction of sp³-hybridized carbons (Fsp3) is 0.471. The second-order valence-electron chi connectivity index (χ2n) is 6.13. The lowest BCUT2D eigenvalue weighted by Crippen LogP contribution is -2.27. The van der Waals surface area contributed by atoms with Gasteiger partial charge < -0.3 is 4.74 Å². The zero-order valence-electron chi connectivity index (χ0n) is 14.0. The van der Waals surface area contributed by atoms with Gasteiger partial charge in [0.05, 0.1) is 13.3 Å². The standard InChI is InChI=1S/C17H23F2N3O/c1-12(2)8-22(10-13-7-20-21(3)9-13)11-14-16(23-4)6-5-15(18)17(14)19/h5-7,9,12H,8,10-11H2,1-4H3. The fourth-order valence-electron chi connectivity index (χ4n) is 2.65. The van der Waals surface area contributed by atoms with E-state index < -0.39 is 11.6 Å². The number of benzene rings is 1. The van der Waals surface area contributed by atoms with Crippen LogP contribution in [0.15, 0.2) is 24.5 Å². The van der Waals surface area contributed by atoms with Crippen molar-refractivity contribution in [1.82, 2.24) is 14.7 Å². The maximum Gasteiger partial charge on any atom is 0.167 e. The van der Waals surface area contributed by atoms with Crippen LogP contribution in [0.3, 0.4) is 0 Å². The molecule has 2 rings (SSSR count). The van der Waals surface area contributed by atoms with Gasteiger partial charge in [-0.15, -0.1) is 0 Å². The van der Waals surface area contributed by atoms with Crippen molar-refractivity contribution in [2.45, 2.75) is 26.9 Å². The molecule has 126 valence electrons. The quantitative estimate of drug-likeness (QED) is 0.783. The van der Waals surface area contributed by atoms with Crippen LogP contribution in [0.1, 0.15) is 25.0 Å². The zero-order valence-corrected chi connectivity index (χ0v) is 14.0. The van der Waals surface area contributed by atoms with Crippen molar-refractivity contribution in [2.75, 3.05) is 13.7 Å². The van der Waals surface area contributed by atoms with E-state index in [-0.39, 0.29) is 12.1 Å². The molecule has 2 aromatic rings. The Morgan fingerprint density at radius 1 is 1.26 bits per heavy atom. The number of aryl methyl sites for hydroxylation is 1. The number of ether oxygens (including phenoxy) is 1. The van der Waals surface area contributed by atoms with Crippen LogP contribution in [0.25, 0.3) is 0 Å². The Morgan fingerprint density at radius 3 is 2.57 bits per heavy atom. The molecule has 0 aliphatic carbocycles. The minimum Gasteiger partial charge on any atom is -0.496 e. The first-order chi connectivity index (χ1) is 10.9. The lowest BCUT2D eigenvalue weighted by molar-refractivity contribution is 0.220. The predicted molar refractivity (Wildman–Crippen MR) is 85.1 cm³/mol. The van der Waals surface area contributed by atoms with Gasteiger partial charge in [-0.05, 0) is 18.1 Å². The van der Waals surface area contributed by atoms with Gasteiger partial charge in [-0.3, -0.25) is 9.58 Å². The van der Waals surface area contributed by atoms with Gasteiger partial charge in [-0.1, -0.05) is 13.8 Å². The first-order valence-corrected chi connectivity index (χ1v) is 7.61.